The van der Waals surface area contributed by atoms with Crippen LogP contribution in [0, 0.1) is 0 Å². The second-order valence-corrected chi connectivity index (χ2v) is 8.37. The number of ether oxygens (including phenoxy) is 1. The largest absolute Gasteiger partial charge is 0.388 e. The van der Waals surface area contributed by atoms with E-state index >= 15 is 0 Å². The summed E-state index contributed by atoms with van der Waals surface area (Å²) in [6, 6.07) is 0. The number of hydrogen-bond donors (Lipinski definition) is 2. The summed E-state index contributed by atoms with van der Waals surface area (Å²) in [6.45, 7) is 15.2. The Kier molecular flexibility index (Phi) is 72.9. The van der Waals surface area contributed by atoms with Crippen molar-refractivity contribution in [3.8, 4) is 0 Å². The summed E-state index contributed by atoms with van der Waals surface area (Å²) >= 11 is 0. The van der Waals surface area contributed by atoms with E-state index in [1.807, 2.05) is 107 Å². The van der Waals surface area contributed by atoms with E-state index < -0.39 is 0 Å². The summed E-state index contributed by atoms with van der Waals surface area (Å²) < 4.78 is 6.42. The minimum atomic E-state index is 0. The van der Waals surface area contributed by atoms with Gasteiger partial charge in [0.05, 0.1) is 0 Å². The Morgan fingerprint density at radius 1 is 0.588 bits per heavy atom. The van der Waals surface area contributed by atoms with Gasteiger partial charge in [-0.2, -0.15) is 0 Å². The molecule has 34 heavy (non-hydrogen) atoms. The number of aliphatic imine (C=N–C) groups is 2. The van der Waals surface area contributed by atoms with Crippen molar-refractivity contribution in [2.45, 2.75) is 55.4 Å². The Balaban J connectivity index is -0.0000000389. The molecule has 0 atom stereocenters. The van der Waals surface area contributed by atoms with E-state index in [4.69, 9.17) is 10.4 Å². The van der Waals surface area contributed by atoms with Crippen molar-refractivity contribution in [1.82, 2.24) is 9.80 Å². The van der Waals surface area contributed by atoms with Crippen LogP contribution in [-0.2, 0) is 37.4 Å². The maximum absolute atomic E-state index is 8.43. The fraction of sp³-hybridized carbons (Fsp3) is 0.833. The van der Waals surface area contributed by atoms with Gasteiger partial charge in [0.1, 0.15) is 0 Å². The third kappa shape index (κ3) is 226. The standard InChI is InChI=1S/2C4H10NO.2C4H9N.2C3H9N.C2H6O.Y/c2*1-4(2)5(3)6;2*1-4(2)5-3;2*1-4(2)3;1-3-2;/h2*6H,1-3H3;2*1-3H3;2*1-3H3;1-2H3;/q2*+1;;;;;;. The number of methoxy groups -OCH3 is 1. The topological polar surface area (TPSA) is 86.9 Å². The van der Waals surface area contributed by atoms with E-state index in [0.29, 0.717) is 0 Å². The van der Waals surface area contributed by atoms with E-state index in [9.17, 15) is 0 Å². The van der Waals surface area contributed by atoms with E-state index in [0.717, 1.165) is 32.3 Å². The van der Waals surface area contributed by atoms with Crippen molar-refractivity contribution < 1.29 is 57.3 Å². The van der Waals surface area contributed by atoms with Crippen molar-refractivity contribution in [3.63, 3.8) is 0 Å². The van der Waals surface area contributed by atoms with Gasteiger partial charge in [0.2, 0.25) is 0 Å². The van der Waals surface area contributed by atoms with Crippen LogP contribution in [0.1, 0.15) is 55.4 Å². The third-order valence-electron chi connectivity index (χ3n) is 2.19. The van der Waals surface area contributed by atoms with Crippen LogP contribution >= 0.6 is 0 Å². The molecule has 0 aromatic rings. The van der Waals surface area contributed by atoms with Gasteiger partial charge in [-0.3, -0.25) is 20.4 Å². The molecule has 0 saturated carbocycles. The SMILES string of the molecule is CC(C)=[N+](C)O.CC(C)=[N+](C)O.CN(C)C.CN(C)C.CN=C(C)C.CN=C(C)C.COC.[Y]. The Bertz CT molecular complexity index is 411. The molecular formula is C24H62N6O3Y+2. The molecule has 9 nitrogen and oxygen atoms in total. The average Bonchev–Trinajstić information content (AvgIpc) is 2.62. The van der Waals surface area contributed by atoms with Crippen LogP contribution in [-0.4, -0.2) is 137 Å². The van der Waals surface area contributed by atoms with Gasteiger partial charge in [-0.15, -0.1) is 0 Å². The number of rotatable bonds is 0. The van der Waals surface area contributed by atoms with Crippen LogP contribution in [0.3, 0.4) is 0 Å². The third-order valence-corrected chi connectivity index (χ3v) is 2.19. The van der Waals surface area contributed by atoms with Crippen LogP contribution in [0.2, 0.25) is 0 Å². The van der Waals surface area contributed by atoms with E-state index in [1.54, 1.807) is 42.4 Å². The van der Waals surface area contributed by atoms with Gasteiger partial charge in [0.25, 0.3) is 0 Å². The Labute approximate surface area is 239 Å². The molecule has 0 spiro atoms. The van der Waals surface area contributed by atoms with E-state index in [2.05, 4.69) is 14.7 Å². The molecule has 0 amide bonds. The zero-order valence-corrected chi connectivity index (χ0v) is 29.4. The molecule has 2 N–H and O–H groups in total. The number of hydrogen-bond acceptors (Lipinski definition) is 7. The van der Waals surface area contributed by atoms with Gasteiger partial charge in [0, 0.05) is 100 Å². The normalized spacial score (nSPS) is 7.47. The van der Waals surface area contributed by atoms with Crippen molar-refractivity contribution >= 4 is 22.8 Å². The van der Waals surface area contributed by atoms with Crippen LogP contribution < -0.4 is 0 Å². The molecule has 0 heterocycles. The fourth-order valence-corrected chi connectivity index (χ4v) is 0. The first-order chi connectivity index (χ1) is 14.7. The van der Waals surface area contributed by atoms with Crippen LogP contribution in [0.25, 0.3) is 0 Å². The Morgan fingerprint density at radius 2 is 0.647 bits per heavy atom. The van der Waals surface area contributed by atoms with E-state index in [-0.39, 0.29) is 32.7 Å². The van der Waals surface area contributed by atoms with Gasteiger partial charge in [0.15, 0.2) is 25.5 Å². The van der Waals surface area contributed by atoms with Crippen molar-refractivity contribution in [2.75, 3.05) is 84.7 Å². The fourth-order valence-electron chi connectivity index (χ4n) is 0. The Hall–Kier alpha value is -0.736. The monoisotopic (exact) mass is 571 g/mol. The van der Waals surface area contributed by atoms with Crippen LogP contribution in [0.15, 0.2) is 9.98 Å². The smallest absolute Gasteiger partial charge is 0.197 e. The van der Waals surface area contributed by atoms with Gasteiger partial charge in [-0.05, 0) is 79.5 Å². The summed E-state index contributed by atoms with van der Waals surface area (Å²) in [6.07, 6.45) is 0. The molecule has 0 aliphatic carbocycles. The summed E-state index contributed by atoms with van der Waals surface area (Å²) in [4.78, 5) is 11.6. The molecule has 0 fully saturated rings. The van der Waals surface area contributed by atoms with Gasteiger partial charge in [-0.1, -0.05) is 0 Å². The minimum absolute atomic E-state index is 0. The molecule has 0 rings (SSSR count). The average molecular weight is 572 g/mol. The second kappa shape index (κ2) is 45.7. The molecule has 0 aromatic heterocycles. The van der Waals surface area contributed by atoms with Crippen molar-refractivity contribution in [1.29, 1.82) is 0 Å². The van der Waals surface area contributed by atoms with Crippen molar-refractivity contribution in [3.05, 3.63) is 0 Å². The van der Waals surface area contributed by atoms with Gasteiger partial charge < -0.3 is 14.5 Å². The van der Waals surface area contributed by atoms with Crippen LogP contribution in [0.4, 0.5) is 0 Å². The molecule has 0 aliphatic rings. The molecule has 0 saturated heterocycles. The summed E-state index contributed by atoms with van der Waals surface area (Å²) in [7, 11) is 22.0. The molecule has 0 unspecified atom stereocenters. The summed E-state index contributed by atoms with van der Waals surface area (Å²) in [5.41, 5.74) is 4.06. The zero-order chi connectivity index (χ0) is 28.7. The summed E-state index contributed by atoms with van der Waals surface area (Å²) in [5.74, 6) is 0. The molecule has 10 heteroatoms. The first-order valence-corrected chi connectivity index (χ1v) is 10.6. The molecule has 0 bridgehead atoms. The predicted molar refractivity (Wildman–Crippen MR) is 150 cm³/mol. The first kappa shape index (κ1) is 54.3. The zero-order valence-electron chi connectivity index (χ0n) is 26.6. The summed E-state index contributed by atoms with van der Waals surface area (Å²) in [5, 5.41) is 16.9. The predicted octanol–water partition coefficient (Wildman–Crippen LogP) is 3.81. The molecular weight excluding hydrogens is 509 g/mol. The maximum atomic E-state index is 8.43. The molecule has 0 aliphatic heterocycles. The number of nitrogens with zero attached hydrogens (tertiary/aromatic N) is 6. The van der Waals surface area contributed by atoms with Gasteiger partial charge >= 0.3 is 0 Å². The quantitative estimate of drug-likeness (QED) is 0.200. The first-order valence-electron chi connectivity index (χ1n) is 10.6. The number of hydroxylamine groups is 2. The molecule has 0 aromatic carbocycles. The van der Waals surface area contributed by atoms with E-state index in [1.165, 1.54) is 0 Å². The Morgan fingerprint density at radius 3 is 0.647 bits per heavy atom. The van der Waals surface area contributed by atoms with Gasteiger partial charge in [-0.25, -0.2) is 0 Å². The van der Waals surface area contributed by atoms with Crippen molar-refractivity contribution in [2.24, 2.45) is 9.98 Å². The van der Waals surface area contributed by atoms with Crippen LogP contribution in [0.5, 0.6) is 0 Å². The second-order valence-electron chi connectivity index (χ2n) is 8.37. The minimum Gasteiger partial charge on any atom is -0.388 e. The molecule has 207 valence electrons. The maximum Gasteiger partial charge on any atom is 0.197 e. The molecule has 1 radical (unpaired) electrons.